The maximum atomic E-state index is 14.0. The number of unbranched alkanes of at least 4 members (excludes halogenated alkanes) is 1. The number of nitrogens with one attached hydrogen (secondary N) is 2. The SMILES string of the molecule is CCCCNC(=O)C(c1ccc(C)cc1C)N(C(=O)C(CC(N)=O)NC(=O)OC(C)(C)C)C(C)(C)C. The molecule has 1 aromatic carbocycles. The van der Waals surface area contributed by atoms with Crippen LogP contribution in [0.15, 0.2) is 18.2 Å². The van der Waals surface area contributed by atoms with E-state index in [0.717, 1.165) is 24.0 Å². The second-order valence-electron chi connectivity index (χ2n) is 11.2. The van der Waals surface area contributed by atoms with Gasteiger partial charge in [-0.25, -0.2) is 4.79 Å². The third kappa shape index (κ3) is 9.51. The molecule has 0 heterocycles. The highest BCUT2D eigenvalue weighted by Gasteiger charge is 2.42. The summed E-state index contributed by atoms with van der Waals surface area (Å²) in [5, 5.41) is 5.44. The van der Waals surface area contributed by atoms with Crippen molar-refractivity contribution in [1.29, 1.82) is 0 Å². The van der Waals surface area contributed by atoms with Crippen LogP contribution in [0.2, 0.25) is 0 Å². The highest BCUT2D eigenvalue weighted by Crippen LogP contribution is 2.32. The number of hydrogen-bond acceptors (Lipinski definition) is 5. The first-order chi connectivity index (χ1) is 16.5. The summed E-state index contributed by atoms with van der Waals surface area (Å²) in [4.78, 5) is 53.4. The van der Waals surface area contributed by atoms with Gasteiger partial charge in [0.2, 0.25) is 17.7 Å². The van der Waals surface area contributed by atoms with E-state index < -0.39 is 47.6 Å². The number of carbonyl (C=O) groups excluding carboxylic acids is 4. The summed E-state index contributed by atoms with van der Waals surface area (Å²) < 4.78 is 5.30. The van der Waals surface area contributed by atoms with Crippen LogP contribution >= 0.6 is 0 Å². The van der Waals surface area contributed by atoms with Crippen molar-refractivity contribution in [1.82, 2.24) is 15.5 Å². The number of nitrogens with zero attached hydrogens (tertiary/aromatic N) is 1. The zero-order chi connectivity index (χ0) is 27.8. The van der Waals surface area contributed by atoms with E-state index in [1.54, 1.807) is 41.5 Å². The molecule has 0 fully saturated rings. The van der Waals surface area contributed by atoms with Crippen molar-refractivity contribution in [2.75, 3.05) is 6.54 Å². The molecule has 0 radical (unpaired) electrons. The van der Waals surface area contributed by atoms with E-state index >= 15 is 0 Å². The van der Waals surface area contributed by atoms with Crippen molar-refractivity contribution in [2.45, 2.75) is 105 Å². The van der Waals surface area contributed by atoms with Gasteiger partial charge in [-0.1, -0.05) is 37.1 Å². The smallest absolute Gasteiger partial charge is 0.408 e. The molecule has 4 amide bonds. The maximum absolute atomic E-state index is 14.0. The predicted molar refractivity (Wildman–Crippen MR) is 140 cm³/mol. The number of benzene rings is 1. The van der Waals surface area contributed by atoms with Gasteiger partial charge in [0, 0.05) is 12.1 Å². The average molecular weight is 505 g/mol. The van der Waals surface area contributed by atoms with E-state index in [4.69, 9.17) is 10.5 Å². The van der Waals surface area contributed by atoms with Gasteiger partial charge in [-0.3, -0.25) is 14.4 Å². The third-order valence-electron chi connectivity index (χ3n) is 5.41. The fourth-order valence-electron chi connectivity index (χ4n) is 3.88. The molecular formula is C27H44N4O5. The largest absolute Gasteiger partial charge is 0.444 e. The second-order valence-corrected chi connectivity index (χ2v) is 11.2. The van der Waals surface area contributed by atoms with Crippen molar-refractivity contribution in [3.05, 3.63) is 34.9 Å². The van der Waals surface area contributed by atoms with Gasteiger partial charge in [-0.05, 0) is 72.9 Å². The van der Waals surface area contributed by atoms with Crippen LogP contribution in [0.4, 0.5) is 4.79 Å². The van der Waals surface area contributed by atoms with E-state index in [-0.39, 0.29) is 5.91 Å². The summed E-state index contributed by atoms with van der Waals surface area (Å²) in [7, 11) is 0. The van der Waals surface area contributed by atoms with Crippen LogP contribution < -0.4 is 16.4 Å². The van der Waals surface area contributed by atoms with Crippen LogP contribution in [-0.2, 0) is 19.1 Å². The van der Waals surface area contributed by atoms with Gasteiger partial charge in [0.05, 0.1) is 6.42 Å². The van der Waals surface area contributed by atoms with E-state index in [0.29, 0.717) is 12.1 Å². The fraction of sp³-hybridized carbons (Fsp3) is 0.630. The van der Waals surface area contributed by atoms with Gasteiger partial charge in [0.15, 0.2) is 0 Å². The number of aryl methyl sites for hydroxylation is 2. The Balaban J connectivity index is 3.60. The van der Waals surface area contributed by atoms with E-state index in [1.165, 1.54) is 4.90 Å². The minimum absolute atomic E-state index is 0.339. The lowest BCUT2D eigenvalue weighted by atomic mass is 9.92. The molecule has 202 valence electrons. The molecule has 36 heavy (non-hydrogen) atoms. The maximum Gasteiger partial charge on any atom is 0.408 e. The van der Waals surface area contributed by atoms with Crippen LogP contribution in [-0.4, -0.2) is 52.4 Å². The van der Waals surface area contributed by atoms with Crippen LogP contribution in [0.5, 0.6) is 0 Å². The number of ether oxygens (including phenoxy) is 1. The summed E-state index contributed by atoms with van der Waals surface area (Å²) in [5.74, 6) is -1.72. The zero-order valence-electron chi connectivity index (χ0n) is 23.3. The van der Waals surface area contributed by atoms with Crippen LogP contribution in [0.25, 0.3) is 0 Å². The molecule has 0 bridgehead atoms. The zero-order valence-corrected chi connectivity index (χ0v) is 23.3. The number of hydrogen-bond donors (Lipinski definition) is 3. The molecule has 0 aliphatic carbocycles. The van der Waals surface area contributed by atoms with E-state index in [2.05, 4.69) is 10.6 Å². The number of nitrogens with two attached hydrogens (primary N) is 1. The molecular weight excluding hydrogens is 460 g/mol. The average Bonchev–Trinajstić information content (AvgIpc) is 2.69. The molecule has 2 atom stereocenters. The van der Waals surface area contributed by atoms with Gasteiger partial charge in [0.1, 0.15) is 17.7 Å². The Bertz CT molecular complexity index is 946. The Hall–Kier alpha value is -3.10. The number of primary amides is 1. The molecule has 1 rings (SSSR count). The summed E-state index contributed by atoms with van der Waals surface area (Å²) in [6.45, 7) is 16.8. The van der Waals surface area contributed by atoms with Crippen LogP contribution in [0.1, 0.15) is 90.5 Å². The van der Waals surface area contributed by atoms with Gasteiger partial charge in [-0.2, -0.15) is 0 Å². The first-order valence-electron chi connectivity index (χ1n) is 12.4. The molecule has 2 unspecified atom stereocenters. The molecule has 0 saturated heterocycles. The van der Waals surface area contributed by atoms with Crippen molar-refractivity contribution in [2.24, 2.45) is 5.73 Å². The Labute approximate surface area is 215 Å². The lowest BCUT2D eigenvalue weighted by Crippen LogP contribution is -2.59. The molecule has 0 aromatic heterocycles. The first kappa shape index (κ1) is 30.9. The standard InChI is InChI=1S/C27H44N4O5/c1-10-11-14-29-23(33)22(19-13-12-17(2)15-18(19)3)31(26(4,5)6)24(34)20(16-21(28)32)30-25(35)36-27(7,8)9/h12-13,15,20,22H,10-11,14,16H2,1-9H3,(H2,28,32)(H,29,33)(H,30,35). The fourth-order valence-corrected chi connectivity index (χ4v) is 3.88. The normalized spacial score (nSPS) is 13.4. The minimum Gasteiger partial charge on any atom is -0.444 e. The summed E-state index contributed by atoms with van der Waals surface area (Å²) in [5.41, 5.74) is 6.29. The van der Waals surface area contributed by atoms with Crippen molar-refractivity contribution >= 4 is 23.8 Å². The topological polar surface area (TPSA) is 131 Å². The summed E-state index contributed by atoms with van der Waals surface area (Å²) in [6, 6.07) is 3.37. The number of amides is 4. The van der Waals surface area contributed by atoms with E-state index in [9.17, 15) is 19.2 Å². The van der Waals surface area contributed by atoms with Gasteiger partial charge in [-0.15, -0.1) is 0 Å². The number of rotatable bonds is 10. The van der Waals surface area contributed by atoms with Crippen molar-refractivity contribution in [3.63, 3.8) is 0 Å². The van der Waals surface area contributed by atoms with Crippen molar-refractivity contribution in [3.8, 4) is 0 Å². The minimum atomic E-state index is -1.31. The highest BCUT2D eigenvalue weighted by molar-refractivity contribution is 5.95. The van der Waals surface area contributed by atoms with Crippen molar-refractivity contribution < 1.29 is 23.9 Å². The number of alkyl carbamates (subject to hydrolysis) is 1. The quantitative estimate of drug-likeness (QED) is 0.419. The summed E-state index contributed by atoms with van der Waals surface area (Å²) >= 11 is 0. The van der Waals surface area contributed by atoms with E-state index in [1.807, 2.05) is 39.0 Å². The lowest BCUT2D eigenvalue weighted by Gasteiger charge is -2.43. The second kappa shape index (κ2) is 12.7. The van der Waals surface area contributed by atoms with Crippen LogP contribution in [0, 0.1) is 13.8 Å². The molecule has 4 N–H and O–H groups in total. The lowest BCUT2D eigenvalue weighted by molar-refractivity contribution is -0.149. The van der Waals surface area contributed by atoms with Crippen LogP contribution in [0.3, 0.4) is 0 Å². The van der Waals surface area contributed by atoms with Gasteiger partial charge < -0.3 is 26.0 Å². The molecule has 0 spiro atoms. The van der Waals surface area contributed by atoms with Gasteiger partial charge in [0.25, 0.3) is 0 Å². The number of carbonyl (C=O) groups is 4. The first-order valence-corrected chi connectivity index (χ1v) is 12.4. The molecule has 0 aliphatic heterocycles. The Morgan fingerprint density at radius 1 is 1.06 bits per heavy atom. The third-order valence-corrected chi connectivity index (χ3v) is 5.41. The highest BCUT2D eigenvalue weighted by atomic mass is 16.6. The molecule has 9 heteroatoms. The monoisotopic (exact) mass is 504 g/mol. The Morgan fingerprint density at radius 3 is 2.14 bits per heavy atom. The molecule has 9 nitrogen and oxygen atoms in total. The predicted octanol–water partition coefficient (Wildman–Crippen LogP) is 3.66. The Morgan fingerprint density at radius 2 is 1.67 bits per heavy atom. The van der Waals surface area contributed by atoms with Gasteiger partial charge >= 0.3 is 6.09 Å². The molecule has 0 saturated carbocycles. The molecule has 0 aliphatic rings. The molecule has 1 aromatic rings. The Kier molecular flexibility index (Phi) is 10.9. The summed E-state index contributed by atoms with van der Waals surface area (Å²) in [6.07, 6.45) is 0.393.